The summed E-state index contributed by atoms with van der Waals surface area (Å²) in [6.45, 7) is 0. The highest BCUT2D eigenvalue weighted by atomic mass is 15.2. The van der Waals surface area contributed by atoms with Crippen LogP contribution in [0.15, 0.2) is 30.7 Å². The summed E-state index contributed by atoms with van der Waals surface area (Å²) in [5.41, 5.74) is 11.9. The second-order valence-electron chi connectivity index (χ2n) is 5.87. The van der Waals surface area contributed by atoms with E-state index in [0.29, 0.717) is 11.9 Å². The molecule has 1 saturated carbocycles. The summed E-state index contributed by atoms with van der Waals surface area (Å²) in [6.07, 6.45) is 11.1. The highest BCUT2D eigenvalue weighted by molar-refractivity contribution is 5.82. The molecule has 3 aromatic rings. The van der Waals surface area contributed by atoms with E-state index in [4.69, 9.17) is 10.7 Å². The Morgan fingerprint density at radius 2 is 2.09 bits per heavy atom. The highest BCUT2D eigenvalue weighted by Gasteiger charge is 2.28. The van der Waals surface area contributed by atoms with E-state index in [9.17, 15) is 0 Å². The van der Waals surface area contributed by atoms with Crippen LogP contribution < -0.4 is 5.73 Å². The summed E-state index contributed by atoms with van der Waals surface area (Å²) in [6, 6.07) is 1.99. The minimum Gasteiger partial charge on any atom is -0.368 e. The lowest BCUT2D eigenvalue weighted by molar-refractivity contribution is 0.935. The lowest BCUT2D eigenvalue weighted by Crippen LogP contribution is -2.01. The molecule has 2 aliphatic carbocycles. The van der Waals surface area contributed by atoms with E-state index in [1.54, 1.807) is 6.20 Å². The SMILES string of the molecule is Nc1ncc2c(n1)CC=C2c1ccn2ncc(C3CC3)c2n1. The van der Waals surface area contributed by atoms with Gasteiger partial charge in [0, 0.05) is 35.5 Å². The zero-order chi connectivity index (χ0) is 14.7. The smallest absolute Gasteiger partial charge is 0.220 e. The molecule has 0 atom stereocenters. The number of nitrogen functional groups attached to an aromatic ring is 1. The maximum atomic E-state index is 5.66. The van der Waals surface area contributed by atoms with Gasteiger partial charge in [-0.2, -0.15) is 5.10 Å². The largest absolute Gasteiger partial charge is 0.368 e. The molecule has 108 valence electrons. The molecule has 5 rings (SSSR count). The van der Waals surface area contributed by atoms with Gasteiger partial charge in [0.15, 0.2) is 5.65 Å². The first-order valence-electron chi connectivity index (χ1n) is 7.46. The van der Waals surface area contributed by atoms with Crippen LogP contribution in [0.5, 0.6) is 0 Å². The van der Waals surface area contributed by atoms with Gasteiger partial charge in [-0.1, -0.05) is 6.08 Å². The Morgan fingerprint density at radius 3 is 2.95 bits per heavy atom. The third-order valence-corrected chi connectivity index (χ3v) is 4.37. The average Bonchev–Trinajstić information content (AvgIpc) is 3.15. The second-order valence-corrected chi connectivity index (χ2v) is 5.87. The monoisotopic (exact) mass is 290 g/mol. The van der Waals surface area contributed by atoms with Crippen LogP contribution in [0.1, 0.15) is 41.3 Å². The molecule has 3 aromatic heterocycles. The Balaban J connectivity index is 1.64. The van der Waals surface area contributed by atoms with Crippen molar-refractivity contribution in [1.82, 2.24) is 24.6 Å². The van der Waals surface area contributed by atoms with E-state index in [1.165, 1.54) is 18.4 Å². The molecule has 0 saturated heterocycles. The van der Waals surface area contributed by atoms with E-state index in [-0.39, 0.29) is 0 Å². The van der Waals surface area contributed by atoms with Crippen LogP contribution in [-0.2, 0) is 6.42 Å². The van der Waals surface area contributed by atoms with Gasteiger partial charge in [0.25, 0.3) is 0 Å². The predicted octanol–water partition coefficient (Wildman–Crippen LogP) is 1.97. The number of nitrogens with two attached hydrogens (primary N) is 1. The van der Waals surface area contributed by atoms with Crippen molar-refractivity contribution in [2.45, 2.75) is 25.2 Å². The summed E-state index contributed by atoms with van der Waals surface area (Å²) in [7, 11) is 0. The van der Waals surface area contributed by atoms with Crippen LogP contribution >= 0.6 is 0 Å². The van der Waals surface area contributed by atoms with Crippen molar-refractivity contribution in [2.24, 2.45) is 0 Å². The highest BCUT2D eigenvalue weighted by Crippen LogP contribution is 2.41. The first-order chi connectivity index (χ1) is 10.8. The number of allylic oxidation sites excluding steroid dienone is 1. The molecule has 0 spiro atoms. The molecule has 0 unspecified atom stereocenters. The minimum atomic E-state index is 0.323. The Labute approximate surface area is 126 Å². The zero-order valence-electron chi connectivity index (χ0n) is 11.9. The van der Waals surface area contributed by atoms with Gasteiger partial charge >= 0.3 is 0 Å². The summed E-state index contributed by atoms with van der Waals surface area (Å²) in [5.74, 6) is 0.955. The maximum Gasteiger partial charge on any atom is 0.220 e. The molecule has 22 heavy (non-hydrogen) atoms. The molecule has 2 N–H and O–H groups in total. The average molecular weight is 290 g/mol. The normalized spacial score (nSPS) is 16.8. The van der Waals surface area contributed by atoms with Crippen LogP contribution in [0.3, 0.4) is 0 Å². The molecule has 0 radical (unpaired) electrons. The fourth-order valence-electron chi connectivity index (χ4n) is 3.08. The van der Waals surface area contributed by atoms with E-state index < -0.39 is 0 Å². The van der Waals surface area contributed by atoms with Gasteiger partial charge in [-0.05, 0) is 24.8 Å². The molecule has 0 aromatic carbocycles. The molecular formula is C16H14N6. The van der Waals surface area contributed by atoms with Gasteiger partial charge in [-0.3, -0.25) is 0 Å². The second kappa shape index (κ2) is 4.13. The number of fused-ring (bicyclic) bond motifs is 2. The van der Waals surface area contributed by atoms with Gasteiger partial charge in [0.1, 0.15) is 0 Å². The molecule has 0 aliphatic heterocycles. The quantitative estimate of drug-likeness (QED) is 0.780. The lowest BCUT2D eigenvalue weighted by atomic mass is 10.1. The Hall–Kier alpha value is -2.76. The van der Waals surface area contributed by atoms with Gasteiger partial charge < -0.3 is 5.73 Å². The maximum absolute atomic E-state index is 5.66. The van der Waals surface area contributed by atoms with Crippen molar-refractivity contribution in [1.29, 1.82) is 0 Å². The molecule has 1 fully saturated rings. The van der Waals surface area contributed by atoms with Crippen LogP contribution in [0.4, 0.5) is 5.95 Å². The molecule has 2 aliphatic rings. The van der Waals surface area contributed by atoms with Gasteiger partial charge in [0.05, 0.1) is 17.6 Å². The van der Waals surface area contributed by atoms with Crippen molar-refractivity contribution >= 4 is 17.2 Å². The molecule has 3 heterocycles. The van der Waals surface area contributed by atoms with Crippen LogP contribution in [0, 0.1) is 0 Å². The summed E-state index contributed by atoms with van der Waals surface area (Å²) in [4.78, 5) is 13.3. The molecule has 6 heteroatoms. The minimum absolute atomic E-state index is 0.323. The Bertz CT molecular complexity index is 935. The first-order valence-corrected chi connectivity index (χ1v) is 7.46. The van der Waals surface area contributed by atoms with E-state index in [0.717, 1.165) is 34.6 Å². The standard InChI is InChI=1S/C16H14N6/c17-16-18-7-12-10(3-4-13(12)21-16)14-5-6-22-15(20-14)11(8-19-22)9-1-2-9/h3,5-9H,1-2,4H2,(H2,17,18,21). The van der Waals surface area contributed by atoms with Crippen LogP contribution in [0.2, 0.25) is 0 Å². The predicted molar refractivity (Wildman–Crippen MR) is 82.2 cm³/mol. The number of hydrogen-bond acceptors (Lipinski definition) is 5. The summed E-state index contributed by atoms with van der Waals surface area (Å²) in [5, 5.41) is 4.40. The van der Waals surface area contributed by atoms with Crippen molar-refractivity contribution in [3.63, 3.8) is 0 Å². The number of anilines is 1. The Morgan fingerprint density at radius 1 is 1.18 bits per heavy atom. The zero-order valence-corrected chi connectivity index (χ0v) is 11.9. The van der Waals surface area contributed by atoms with Crippen molar-refractivity contribution in [3.05, 3.63) is 53.2 Å². The van der Waals surface area contributed by atoms with Gasteiger partial charge in [-0.15, -0.1) is 0 Å². The fraction of sp³-hybridized carbons (Fsp3) is 0.250. The van der Waals surface area contributed by atoms with Gasteiger partial charge in [-0.25, -0.2) is 19.5 Å². The van der Waals surface area contributed by atoms with Crippen molar-refractivity contribution < 1.29 is 0 Å². The van der Waals surface area contributed by atoms with E-state index >= 15 is 0 Å². The van der Waals surface area contributed by atoms with Crippen molar-refractivity contribution in [3.8, 4) is 0 Å². The lowest BCUT2D eigenvalue weighted by Gasteiger charge is -2.06. The number of rotatable bonds is 2. The Kier molecular flexibility index (Phi) is 2.22. The summed E-state index contributed by atoms with van der Waals surface area (Å²) >= 11 is 0. The molecular weight excluding hydrogens is 276 g/mol. The van der Waals surface area contributed by atoms with E-state index in [2.05, 4.69) is 21.1 Å². The van der Waals surface area contributed by atoms with E-state index in [1.807, 2.05) is 23.0 Å². The first kappa shape index (κ1) is 11.9. The number of nitrogens with zero attached hydrogens (tertiary/aromatic N) is 5. The third-order valence-electron chi connectivity index (χ3n) is 4.37. The summed E-state index contributed by atoms with van der Waals surface area (Å²) < 4.78 is 1.85. The molecule has 0 amide bonds. The van der Waals surface area contributed by atoms with Crippen LogP contribution in [-0.4, -0.2) is 24.6 Å². The fourth-order valence-corrected chi connectivity index (χ4v) is 3.08. The number of hydrogen-bond donors (Lipinski definition) is 1. The van der Waals surface area contributed by atoms with Gasteiger partial charge in [0.2, 0.25) is 5.95 Å². The van der Waals surface area contributed by atoms with Crippen molar-refractivity contribution in [2.75, 3.05) is 5.73 Å². The number of aromatic nitrogens is 5. The third kappa shape index (κ3) is 1.67. The van der Waals surface area contributed by atoms with Crippen LogP contribution in [0.25, 0.3) is 11.2 Å². The molecule has 0 bridgehead atoms. The topological polar surface area (TPSA) is 82.0 Å². The molecule has 6 nitrogen and oxygen atoms in total.